The molecule has 0 bridgehead atoms. The Labute approximate surface area is 112 Å². The van der Waals surface area contributed by atoms with Crippen molar-refractivity contribution in [3.05, 3.63) is 0 Å². The molecule has 1 amide bonds. The first-order valence-corrected chi connectivity index (χ1v) is 5.91. The van der Waals surface area contributed by atoms with Crippen LogP contribution >= 0.6 is 0 Å². The van der Waals surface area contributed by atoms with Gasteiger partial charge in [-0.3, -0.25) is 9.69 Å². The van der Waals surface area contributed by atoms with E-state index in [1.165, 1.54) is 33.0 Å². The van der Waals surface area contributed by atoms with E-state index in [4.69, 9.17) is 9.47 Å². The van der Waals surface area contributed by atoms with Crippen molar-refractivity contribution in [1.82, 2.24) is 4.90 Å². The van der Waals surface area contributed by atoms with Crippen LogP contribution in [-0.2, 0) is 23.8 Å². The van der Waals surface area contributed by atoms with E-state index in [9.17, 15) is 14.7 Å². The Bertz CT molecular complexity index is 378. The maximum absolute atomic E-state index is 11.7. The fraction of sp³-hybridized carbons (Fsp3) is 0.833. The van der Waals surface area contributed by atoms with Crippen LogP contribution in [0.1, 0.15) is 27.7 Å². The van der Waals surface area contributed by atoms with E-state index in [1.807, 2.05) is 0 Å². The average Bonchev–Trinajstić information content (AvgIpc) is 2.59. The number of nitrogens with zero attached hydrogens (tertiary/aromatic N) is 1. The molecule has 110 valence electrons. The maximum atomic E-state index is 11.7. The van der Waals surface area contributed by atoms with Gasteiger partial charge in [-0.25, -0.2) is 4.79 Å². The van der Waals surface area contributed by atoms with Gasteiger partial charge in [0.1, 0.15) is 11.8 Å². The van der Waals surface area contributed by atoms with Gasteiger partial charge in [0.15, 0.2) is 11.8 Å². The van der Waals surface area contributed by atoms with Crippen molar-refractivity contribution in [3.63, 3.8) is 0 Å². The Balaban J connectivity index is 3.17. The van der Waals surface area contributed by atoms with Gasteiger partial charge in [-0.05, 0) is 20.8 Å². The normalized spacial score (nSPS) is 28.9. The van der Waals surface area contributed by atoms with Gasteiger partial charge < -0.3 is 19.3 Å². The number of methoxy groups -OCH3 is 2. The zero-order chi connectivity index (χ0) is 15.0. The van der Waals surface area contributed by atoms with Gasteiger partial charge in [0.05, 0.1) is 7.11 Å². The van der Waals surface area contributed by atoms with Crippen LogP contribution in [-0.4, -0.2) is 59.8 Å². The standard InChI is InChI=1S/C12H21NO6/c1-7(14)13-9(17-5)8(19-11(13,2)3)12(4,16)10(15)18-6/h8-9,16H,1-6H3/t8-,9?,12-/m1/s1. The summed E-state index contributed by atoms with van der Waals surface area (Å²) < 4.78 is 15.4. The molecule has 0 aromatic rings. The van der Waals surface area contributed by atoms with E-state index in [0.717, 1.165) is 0 Å². The Morgan fingerprint density at radius 3 is 2.26 bits per heavy atom. The molecule has 0 aliphatic carbocycles. The number of aliphatic hydroxyl groups is 1. The summed E-state index contributed by atoms with van der Waals surface area (Å²) >= 11 is 0. The monoisotopic (exact) mass is 275 g/mol. The molecule has 0 aromatic carbocycles. The van der Waals surface area contributed by atoms with Crippen LogP contribution < -0.4 is 0 Å². The summed E-state index contributed by atoms with van der Waals surface area (Å²) in [6, 6.07) is 0. The molecule has 1 fully saturated rings. The van der Waals surface area contributed by atoms with Crippen molar-refractivity contribution in [2.75, 3.05) is 14.2 Å². The zero-order valence-electron chi connectivity index (χ0n) is 12.1. The predicted molar refractivity (Wildman–Crippen MR) is 64.9 cm³/mol. The number of ether oxygens (including phenoxy) is 3. The minimum Gasteiger partial charge on any atom is -0.467 e. The van der Waals surface area contributed by atoms with E-state index < -0.39 is 29.6 Å². The lowest BCUT2D eigenvalue weighted by molar-refractivity contribution is -0.187. The fourth-order valence-electron chi connectivity index (χ4n) is 2.37. The van der Waals surface area contributed by atoms with Crippen LogP contribution in [0.4, 0.5) is 0 Å². The lowest BCUT2D eigenvalue weighted by atomic mass is 9.98. The van der Waals surface area contributed by atoms with Crippen LogP contribution in [0.5, 0.6) is 0 Å². The summed E-state index contributed by atoms with van der Waals surface area (Å²) in [5.41, 5.74) is -2.91. The SMILES string of the molecule is COC(=O)[C@](C)(O)[C@@H]1OC(C)(C)N(C(C)=O)C1OC. The van der Waals surface area contributed by atoms with Crippen LogP contribution in [0, 0.1) is 0 Å². The van der Waals surface area contributed by atoms with Crippen molar-refractivity contribution < 1.29 is 28.9 Å². The topological polar surface area (TPSA) is 85.3 Å². The summed E-state index contributed by atoms with van der Waals surface area (Å²) in [7, 11) is 2.55. The summed E-state index contributed by atoms with van der Waals surface area (Å²) in [6.45, 7) is 5.96. The zero-order valence-corrected chi connectivity index (χ0v) is 12.1. The second-order valence-corrected chi connectivity index (χ2v) is 5.14. The van der Waals surface area contributed by atoms with Crippen molar-refractivity contribution in [3.8, 4) is 0 Å². The van der Waals surface area contributed by atoms with Crippen LogP contribution in [0.25, 0.3) is 0 Å². The molecule has 1 aliphatic rings. The number of esters is 1. The van der Waals surface area contributed by atoms with Gasteiger partial charge in [-0.2, -0.15) is 0 Å². The van der Waals surface area contributed by atoms with Crippen molar-refractivity contribution in [2.24, 2.45) is 0 Å². The van der Waals surface area contributed by atoms with E-state index in [2.05, 4.69) is 4.74 Å². The molecule has 0 aromatic heterocycles. The smallest absolute Gasteiger partial charge is 0.340 e. The van der Waals surface area contributed by atoms with Crippen LogP contribution in [0.15, 0.2) is 0 Å². The van der Waals surface area contributed by atoms with Gasteiger partial charge in [0, 0.05) is 14.0 Å². The van der Waals surface area contributed by atoms with E-state index in [-0.39, 0.29) is 5.91 Å². The molecular weight excluding hydrogens is 254 g/mol. The van der Waals surface area contributed by atoms with Crippen LogP contribution in [0.3, 0.4) is 0 Å². The van der Waals surface area contributed by atoms with E-state index in [0.29, 0.717) is 0 Å². The van der Waals surface area contributed by atoms with E-state index >= 15 is 0 Å². The van der Waals surface area contributed by atoms with Gasteiger partial charge in [-0.1, -0.05) is 0 Å². The lowest BCUT2D eigenvalue weighted by Gasteiger charge is -2.32. The quantitative estimate of drug-likeness (QED) is 0.722. The molecule has 0 spiro atoms. The first-order chi connectivity index (χ1) is 8.59. The Morgan fingerprint density at radius 1 is 1.37 bits per heavy atom. The molecule has 1 saturated heterocycles. The van der Waals surface area contributed by atoms with Crippen molar-refractivity contribution in [1.29, 1.82) is 0 Å². The van der Waals surface area contributed by atoms with E-state index in [1.54, 1.807) is 13.8 Å². The number of hydrogen-bond donors (Lipinski definition) is 1. The molecule has 1 unspecified atom stereocenters. The molecule has 1 heterocycles. The maximum Gasteiger partial charge on any atom is 0.340 e. The average molecular weight is 275 g/mol. The molecule has 0 radical (unpaired) electrons. The minimum absolute atomic E-state index is 0.278. The highest BCUT2D eigenvalue weighted by molar-refractivity contribution is 5.80. The first-order valence-electron chi connectivity index (χ1n) is 5.91. The highest BCUT2D eigenvalue weighted by atomic mass is 16.6. The molecule has 1 aliphatic heterocycles. The highest BCUT2D eigenvalue weighted by Crippen LogP contribution is 2.37. The molecule has 7 nitrogen and oxygen atoms in total. The predicted octanol–water partition coefficient (Wildman–Crippen LogP) is -0.134. The molecule has 1 N–H and O–H groups in total. The number of carbonyl (C=O) groups excluding carboxylic acids is 2. The molecule has 3 atom stereocenters. The largest absolute Gasteiger partial charge is 0.467 e. The second kappa shape index (κ2) is 5.07. The molecule has 7 heteroatoms. The summed E-state index contributed by atoms with van der Waals surface area (Å²) in [5, 5.41) is 10.3. The van der Waals surface area contributed by atoms with Crippen molar-refractivity contribution in [2.45, 2.75) is 51.4 Å². The Kier molecular flexibility index (Phi) is 4.23. The third kappa shape index (κ3) is 2.58. The first kappa shape index (κ1) is 15.9. The van der Waals surface area contributed by atoms with Gasteiger partial charge in [0.25, 0.3) is 0 Å². The Morgan fingerprint density at radius 2 is 1.89 bits per heavy atom. The molecular formula is C12H21NO6. The summed E-state index contributed by atoms with van der Waals surface area (Å²) in [4.78, 5) is 24.7. The second-order valence-electron chi connectivity index (χ2n) is 5.14. The van der Waals surface area contributed by atoms with Crippen LogP contribution in [0.2, 0.25) is 0 Å². The lowest BCUT2D eigenvalue weighted by Crippen LogP contribution is -2.55. The molecule has 1 rings (SSSR count). The third-order valence-electron chi connectivity index (χ3n) is 3.24. The number of hydrogen-bond acceptors (Lipinski definition) is 6. The minimum atomic E-state index is -1.92. The van der Waals surface area contributed by atoms with Gasteiger partial charge >= 0.3 is 5.97 Å². The fourth-order valence-corrected chi connectivity index (χ4v) is 2.37. The molecule has 0 saturated carbocycles. The van der Waals surface area contributed by atoms with Gasteiger partial charge in [0.2, 0.25) is 5.91 Å². The Hall–Kier alpha value is -1.18. The molecule has 19 heavy (non-hydrogen) atoms. The number of rotatable bonds is 3. The third-order valence-corrected chi connectivity index (χ3v) is 3.24. The van der Waals surface area contributed by atoms with Gasteiger partial charge in [-0.15, -0.1) is 0 Å². The van der Waals surface area contributed by atoms with Crippen molar-refractivity contribution >= 4 is 11.9 Å². The summed E-state index contributed by atoms with van der Waals surface area (Å²) in [5.74, 6) is -1.12. The summed E-state index contributed by atoms with van der Waals surface area (Å²) in [6.07, 6.45) is -1.91. The number of amides is 1. The number of carbonyl (C=O) groups is 2. The highest BCUT2D eigenvalue weighted by Gasteiger charge is 2.58.